The van der Waals surface area contributed by atoms with Gasteiger partial charge in [-0.2, -0.15) is 0 Å². The van der Waals surface area contributed by atoms with Crippen LogP contribution >= 0.6 is 0 Å². The second-order valence-electron chi connectivity index (χ2n) is 9.12. The van der Waals surface area contributed by atoms with E-state index in [0.717, 1.165) is 36.2 Å². The van der Waals surface area contributed by atoms with E-state index < -0.39 is 0 Å². The lowest BCUT2D eigenvalue weighted by molar-refractivity contribution is -0.119. The Kier molecular flexibility index (Phi) is 7.86. The van der Waals surface area contributed by atoms with Gasteiger partial charge in [-0.05, 0) is 67.8 Å². The third-order valence-electron chi connectivity index (χ3n) is 6.73. The van der Waals surface area contributed by atoms with Gasteiger partial charge in [0.1, 0.15) is 5.75 Å². The molecule has 0 saturated heterocycles. The number of hydrogen-bond donors (Lipinski definition) is 0. The minimum Gasteiger partial charge on any atom is -0.497 e. The molecule has 182 valence electrons. The summed E-state index contributed by atoms with van der Waals surface area (Å²) < 4.78 is 5.25. The number of methoxy groups -OCH3 is 1. The number of unbranched alkanes of at least 4 members (excludes halogenated alkanes) is 2. The molecule has 4 rings (SSSR count). The summed E-state index contributed by atoms with van der Waals surface area (Å²) in [5.74, 6) is 0.798. The molecular formula is C30H34N2O3. The minimum absolute atomic E-state index is 0.0495. The predicted molar refractivity (Wildman–Crippen MR) is 141 cm³/mol. The summed E-state index contributed by atoms with van der Waals surface area (Å²) in [4.78, 5) is 31.0. The first-order chi connectivity index (χ1) is 17.0. The number of fused-ring (bicyclic) bond motifs is 1. The maximum atomic E-state index is 13.6. The van der Waals surface area contributed by atoms with Crippen LogP contribution in [0.2, 0.25) is 0 Å². The summed E-state index contributed by atoms with van der Waals surface area (Å²) in [5, 5.41) is 0. The molecule has 2 amide bonds. The Bertz CT molecular complexity index is 1140. The average Bonchev–Trinajstić information content (AvgIpc) is 2.89. The van der Waals surface area contributed by atoms with Crippen LogP contribution in [0.1, 0.15) is 67.9 Å². The quantitative estimate of drug-likeness (QED) is 0.341. The summed E-state index contributed by atoms with van der Waals surface area (Å²) in [6.45, 7) is 4.21. The van der Waals surface area contributed by atoms with Crippen LogP contribution in [0, 0.1) is 0 Å². The average molecular weight is 471 g/mol. The van der Waals surface area contributed by atoms with Crippen molar-refractivity contribution in [2.45, 2.75) is 58.0 Å². The maximum Gasteiger partial charge on any atom is 0.258 e. The summed E-state index contributed by atoms with van der Waals surface area (Å²) >= 11 is 0. The minimum atomic E-state index is -0.141. The molecule has 0 N–H and O–H groups in total. The first kappa shape index (κ1) is 24.5. The zero-order valence-corrected chi connectivity index (χ0v) is 20.8. The molecule has 0 aromatic heterocycles. The fraction of sp³-hybridized carbons (Fsp3) is 0.333. The van der Waals surface area contributed by atoms with Gasteiger partial charge in [-0.15, -0.1) is 0 Å². The molecule has 1 aliphatic rings. The Balaban J connectivity index is 1.72. The third-order valence-corrected chi connectivity index (χ3v) is 6.73. The molecule has 0 saturated carbocycles. The number of carbonyl (C=O) groups is 2. The van der Waals surface area contributed by atoms with E-state index in [0.29, 0.717) is 24.2 Å². The molecule has 0 unspecified atom stereocenters. The van der Waals surface area contributed by atoms with Gasteiger partial charge in [-0.25, -0.2) is 0 Å². The van der Waals surface area contributed by atoms with Gasteiger partial charge in [0, 0.05) is 29.4 Å². The zero-order chi connectivity index (χ0) is 24.8. The zero-order valence-electron chi connectivity index (χ0n) is 20.8. The highest BCUT2D eigenvalue weighted by atomic mass is 16.5. The second-order valence-corrected chi connectivity index (χ2v) is 9.12. The van der Waals surface area contributed by atoms with E-state index in [4.69, 9.17) is 4.74 Å². The number of hydrogen-bond acceptors (Lipinski definition) is 3. The van der Waals surface area contributed by atoms with Crippen molar-refractivity contribution in [2.75, 3.05) is 16.9 Å². The van der Waals surface area contributed by atoms with Gasteiger partial charge in [-0.3, -0.25) is 9.59 Å². The van der Waals surface area contributed by atoms with E-state index in [2.05, 4.69) is 19.9 Å². The summed E-state index contributed by atoms with van der Waals surface area (Å²) in [6.07, 6.45) is 4.17. The number of ether oxygens (including phenoxy) is 1. The van der Waals surface area contributed by atoms with Crippen molar-refractivity contribution in [1.82, 2.24) is 0 Å². The summed E-state index contributed by atoms with van der Waals surface area (Å²) in [6, 6.07) is 24.9. The highest BCUT2D eigenvalue weighted by molar-refractivity contribution is 6.07. The SMILES string of the molecule is CCCCCC(=O)N(c1ccccc1)[C@@H]1C[C@H](C)N(C(=O)c2ccc(OC)cc2)c2ccccc21. The fourth-order valence-corrected chi connectivity index (χ4v) is 4.94. The Morgan fingerprint density at radius 2 is 1.63 bits per heavy atom. The lowest BCUT2D eigenvalue weighted by Crippen LogP contribution is -2.47. The van der Waals surface area contributed by atoms with E-state index in [9.17, 15) is 9.59 Å². The van der Waals surface area contributed by atoms with E-state index in [-0.39, 0.29) is 23.9 Å². The van der Waals surface area contributed by atoms with E-state index in [1.807, 2.05) is 70.5 Å². The number of benzene rings is 3. The van der Waals surface area contributed by atoms with Crippen molar-refractivity contribution in [2.24, 2.45) is 0 Å². The summed E-state index contributed by atoms with van der Waals surface area (Å²) in [7, 11) is 1.61. The molecule has 0 spiro atoms. The van der Waals surface area contributed by atoms with E-state index >= 15 is 0 Å². The lowest BCUT2D eigenvalue weighted by Gasteiger charge is -2.43. The molecule has 3 aromatic carbocycles. The van der Waals surface area contributed by atoms with Crippen molar-refractivity contribution in [3.05, 3.63) is 90.0 Å². The number of amides is 2. The Morgan fingerprint density at radius 3 is 2.31 bits per heavy atom. The Hall–Kier alpha value is -3.60. The molecule has 3 aromatic rings. The number of anilines is 2. The Morgan fingerprint density at radius 1 is 0.943 bits per heavy atom. The standard InChI is InChI=1S/C30H34N2O3/c1-4-5-7-16-29(33)32(24-12-8-6-9-13-24)28-21-22(2)31(27-15-11-10-14-26(27)28)30(34)23-17-19-25(35-3)20-18-23/h6,8-15,17-20,22,28H,4-5,7,16,21H2,1-3H3/t22-,28+/m0/s1. The van der Waals surface area contributed by atoms with Crippen LogP contribution in [0.3, 0.4) is 0 Å². The van der Waals surface area contributed by atoms with Gasteiger partial charge in [-0.1, -0.05) is 56.2 Å². The van der Waals surface area contributed by atoms with Gasteiger partial charge in [0.05, 0.1) is 13.2 Å². The van der Waals surface area contributed by atoms with Crippen LogP contribution < -0.4 is 14.5 Å². The van der Waals surface area contributed by atoms with Crippen LogP contribution in [0.4, 0.5) is 11.4 Å². The van der Waals surface area contributed by atoms with Crippen LogP contribution in [-0.2, 0) is 4.79 Å². The molecule has 0 fully saturated rings. The number of para-hydroxylation sites is 2. The molecule has 0 radical (unpaired) electrons. The van der Waals surface area contributed by atoms with Gasteiger partial charge in [0.15, 0.2) is 0 Å². The third kappa shape index (κ3) is 5.24. The molecular weight excluding hydrogens is 436 g/mol. The Labute approximate surface area is 208 Å². The van der Waals surface area contributed by atoms with Crippen molar-refractivity contribution in [3.8, 4) is 5.75 Å². The van der Waals surface area contributed by atoms with Crippen molar-refractivity contribution in [3.63, 3.8) is 0 Å². The van der Waals surface area contributed by atoms with Crippen molar-refractivity contribution >= 4 is 23.2 Å². The largest absolute Gasteiger partial charge is 0.497 e. The normalized spacial score (nSPS) is 16.9. The van der Waals surface area contributed by atoms with Gasteiger partial charge in [0.2, 0.25) is 5.91 Å². The van der Waals surface area contributed by atoms with Crippen LogP contribution in [0.15, 0.2) is 78.9 Å². The second kappa shape index (κ2) is 11.2. The molecule has 2 atom stereocenters. The van der Waals surface area contributed by atoms with E-state index in [1.165, 1.54) is 0 Å². The first-order valence-electron chi connectivity index (χ1n) is 12.5. The van der Waals surface area contributed by atoms with E-state index in [1.54, 1.807) is 19.2 Å². The molecule has 5 nitrogen and oxygen atoms in total. The van der Waals surface area contributed by atoms with Crippen molar-refractivity contribution in [1.29, 1.82) is 0 Å². The van der Waals surface area contributed by atoms with Crippen LogP contribution in [-0.4, -0.2) is 25.0 Å². The predicted octanol–water partition coefficient (Wildman–Crippen LogP) is 6.79. The smallest absolute Gasteiger partial charge is 0.258 e. The fourth-order valence-electron chi connectivity index (χ4n) is 4.94. The molecule has 1 aliphatic heterocycles. The monoisotopic (exact) mass is 470 g/mol. The molecule has 5 heteroatoms. The highest BCUT2D eigenvalue weighted by Crippen LogP contribution is 2.43. The topological polar surface area (TPSA) is 49.9 Å². The number of carbonyl (C=O) groups excluding carboxylic acids is 2. The number of rotatable bonds is 8. The summed E-state index contributed by atoms with van der Waals surface area (Å²) in [5.41, 5.74) is 3.37. The lowest BCUT2D eigenvalue weighted by atomic mass is 9.89. The van der Waals surface area contributed by atoms with Crippen molar-refractivity contribution < 1.29 is 14.3 Å². The van der Waals surface area contributed by atoms with Crippen LogP contribution in [0.5, 0.6) is 5.75 Å². The molecule has 0 aliphatic carbocycles. The molecule has 1 heterocycles. The van der Waals surface area contributed by atoms with Gasteiger partial charge < -0.3 is 14.5 Å². The maximum absolute atomic E-state index is 13.6. The molecule has 0 bridgehead atoms. The first-order valence-corrected chi connectivity index (χ1v) is 12.5. The highest BCUT2D eigenvalue weighted by Gasteiger charge is 2.38. The van der Waals surface area contributed by atoms with Crippen LogP contribution in [0.25, 0.3) is 0 Å². The van der Waals surface area contributed by atoms with Gasteiger partial charge in [0.25, 0.3) is 5.91 Å². The van der Waals surface area contributed by atoms with Gasteiger partial charge >= 0.3 is 0 Å². The molecule has 35 heavy (non-hydrogen) atoms. The number of nitrogens with zero attached hydrogens (tertiary/aromatic N) is 2.